The number of benzene rings is 1. The lowest BCUT2D eigenvalue weighted by atomic mass is 9.95. The zero-order chi connectivity index (χ0) is 16.6. The van der Waals surface area contributed by atoms with Gasteiger partial charge in [0.05, 0.1) is 0 Å². The fraction of sp³-hybridized carbons (Fsp3) is 0.444. The first-order valence-corrected chi connectivity index (χ1v) is 7.91. The minimum Gasteiger partial charge on any atom is -0.508 e. The second-order valence-electron chi connectivity index (χ2n) is 7.19. The number of nitrogens with zero attached hydrogens (tertiary/aromatic N) is 3. The molecule has 2 heterocycles. The Morgan fingerprint density at radius 3 is 2.70 bits per heavy atom. The van der Waals surface area contributed by atoms with Gasteiger partial charge in [-0.2, -0.15) is 0 Å². The molecule has 122 valence electrons. The van der Waals surface area contributed by atoms with E-state index in [1.54, 1.807) is 12.1 Å². The van der Waals surface area contributed by atoms with Crippen molar-refractivity contribution in [2.75, 3.05) is 6.54 Å². The molecule has 0 amide bonds. The Balaban J connectivity index is 1.75. The van der Waals surface area contributed by atoms with E-state index in [9.17, 15) is 10.2 Å². The molecule has 0 unspecified atom stereocenters. The Kier molecular flexibility index (Phi) is 3.98. The maximum atomic E-state index is 9.93. The second kappa shape index (κ2) is 5.81. The summed E-state index contributed by atoms with van der Waals surface area (Å²) in [5, 5.41) is 19.3. The number of aromatic hydroxyl groups is 2. The molecular weight excluding hydrogens is 290 g/mol. The number of phenols is 2. The SMILES string of the molecule is CC(C)(C)c1ncc2c(n1)CCN(Cc1ccc(O)cc1O)C2. The van der Waals surface area contributed by atoms with Crippen molar-refractivity contribution in [2.45, 2.75) is 45.7 Å². The number of rotatable bonds is 2. The molecular formula is C18H23N3O2. The van der Waals surface area contributed by atoms with Crippen LogP contribution in [0.4, 0.5) is 0 Å². The van der Waals surface area contributed by atoms with Gasteiger partial charge in [0, 0.05) is 60.6 Å². The van der Waals surface area contributed by atoms with Crippen LogP contribution in [0.25, 0.3) is 0 Å². The van der Waals surface area contributed by atoms with Crippen molar-refractivity contribution in [3.63, 3.8) is 0 Å². The van der Waals surface area contributed by atoms with Crippen LogP contribution in [0.5, 0.6) is 11.5 Å². The Hall–Kier alpha value is -2.14. The number of fused-ring (bicyclic) bond motifs is 1. The minimum absolute atomic E-state index is 0.0377. The van der Waals surface area contributed by atoms with Crippen LogP contribution in [0.15, 0.2) is 24.4 Å². The highest BCUT2D eigenvalue weighted by molar-refractivity contribution is 5.39. The largest absolute Gasteiger partial charge is 0.508 e. The van der Waals surface area contributed by atoms with Crippen LogP contribution in [0, 0.1) is 0 Å². The van der Waals surface area contributed by atoms with Gasteiger partial charge in [-0.25, -0.2) is 9.97 Å². The van der Waals surface area contributed by atoms with Gasteiger partial charge in [0.15, 0.2) is 0 Å². The Morgan fingerprint density at radius 1 is 1.22 bits per heavy atom. The molecule has 1 aliphatic rings. The molecule has 5 heteroatoms. The molecule has 5 nitrogen and oxygen atoms in total. The van der Waals surface area contributed by atoms with E-state index in [0.29, 0.717) is 6.54 Å². The second-order valence-corrected chi connectivity index (χ2v) is 7.19. The highest BCUT2D eigenvalue weighted by Crippen LogP contribution is 2.27. The summed E-state index contributed by atoms with van der Waals surface area (Å²) in [6, 6.07) is 4.75. The topological polar surface area (TPSA) is 69.5 Å². The van der Waals surface area contributed by atoms with E-state index >= 15 is 0 Å². The van der Waals surface area contributed by atoms with Gasteiger partial charge in [-0.15, -0.1) is 0 Å². The van der Waals surface area contributed by atoms with Crippen LogP contribution in [0.1, 0.15) is 43.4 Å². The van der Waals surface area contributed by atoms with Crippen molar-refractivity contribution in [1.82, 2.24) is 14.9 Å². The van der Waals surface area contributed by atoms with Crippen molar-refractivity contribution in [3.05, 3.63) is 47.0 Å². The standard InChI is InChI=1S/C18H23N3O2/c1-18(2,3)17-19-9-13-11-21(7-6-15(13)20-17)10-12-4-5-14(22)8-16(12)23/h4-5,8-9,22-23H,6-7,10-11H2,1-3H3. The predicted molar refractivity (Wildman–Crippen MR) is 88.3 cm³/mol. The molecule has 0 radical (unpaired) electrons. The van der Waals surface area contributed by atoms with Gasteiger partial charge in [-0.1, -0.05) is 26.8 Å². The molecule has 0 aliphatic carbocycles. The molecule has 3 rings (SSSR count). The van der Waals surface area contributed by atoms with Gasteiger partial charge in [-0.05, 0) is 6.07 Å². The third-order valence-electron chi connectivity index (χ3n) is 4.15. The highest BCUT2D eigenvalue weighted by atomic mass is 16.3. The summed E-state index contributed by atoms with van der Waals surface area (Å²) in [5.74, 6) is 1.11. The molecule has 1 aromatic heterocycles. The van der Waals surface area contributed by atoms with Crippen LogP contribution in [-0.2, 0) is 24.9 Å². The summed E-state index contributed by atoms with van der Waals surface area (Å²) in [5.41, 5.74) is 3.07. The first-order valence-electron chi connectivity index (χ1n) is 7.91. The van der Waals surface area contributed by atoms with Crippen molar-refractivity contribution in [2.24, 2.45) is 0 Å². The quantitative estimate of drug-likeness (QED) is 0.892. The van der Waals surface area contributed by atoms with Gasteiger partial charge < -0.3 is 10.2 Å². The predicted octanol–water partition coefficient (Wildman–Crippen LogP) is 2.74. The normalized spacial score (nSPS) is 15.4. The summed E-state index contributed by atoms with van der Waals surface area (Å²) < 4.78 is 0. The minimum atomic E-state index is -0.0377. The lowest BCUT2D eigenvalue weighted by Gasteiger charge is -2.29. The summed E-state index contributed by atoms with van der Waals surface area (Å²) in [7, 11) is 0. The summed E-state index contributed by atoms with van der Waals surface area (Å²) in [6.45, 7) is 8.69. The van der Waals surface area contributed by atoms with E-state index in [1.807, 2.05) is 6.20 Å². The zero-order valence-corrected chi connectivity index (χ0v) is 13.9. The lowest BCUT2D eigenvalue weighted by molar-refractivity contribution is 0.239. The summed E-state index contributed by atoms with van der Waals surface area (Å²) >= 11 is 0. The average molecular weight is 313 g/mol. The first kappa shape index (κ1) is 15.7. The van der Waals surface area contributed by atoms with E-state index < -0.39 is 0 Å². The maximum absolute atomic E-state index is 9.93. The van der Waals surface area contributed by atoms with Crippen molar-refractivity contribution < 1.29 is 10.2 Å². The first-order chi connectivity index (χ1) is 10.8. The van der Waals surface area contributed by atoms with Crippen molar-refractivity contribution in [3.8, 4) is 11.5 Å². The molecule has 23 heavy (non-hydrogen) atoms. The van der Waals surface area contributed by atoms with Crippen LogP contribution >= 0.6 is 0 Å². The monoisotopic (exact) mass is 313 g/mol. The van der Waals surface area contributed by atoms with E-state index in [-0.39, 0.29) is 16.9 Å². The van der Waals surface area contributed by atoms with Gasteiger partial charge in [0.25, 0.3) is 0 Å². The van der Waals surface area contributed by atoms with Crippen LogP contribution in [0.3, 0.4) is 0 Å². The Morgan fingerprint density at radius 2 is 2.00 bits per heavy atom. The lowest BCUT2D eigenvalue weighted by Crippen LogP contribution is -2.32. The van der Waals surface area contributed by atoms with E-state index in [2.05, 4.69) is 30.7 Å². The summed E-state index contributed by atoms with van der Waals surface area (Å²) in [6.07, 6.45) is 2.82. The van der Waals surface area contributed by atoms with Crippen LogP contribution < -0.4 is 0 Å². The highest BCUT2D eigenvalue weighted by Gasteiger charge is 2.23. The van der Waals surface area contributed by atoms with E-state index in [4.69, 9.17) is 4.98 Å². The van der Waals surface area contributed by atoms with Gasteiger partial charge in [-0.3, -0.25) is 4.90 Å². The molecule has 0 fully saturated rings. The van der Waals surface area contributed by atoms with Gasteiger partial charge >= 0.3 is 0 Å². The Labute approximate surface area is 136 Å². The zero-order valence-electron chi connectivity index (χ0n) is 13.9. The van der Waals surface area contributed by atoms with Crippen LogP contribution in [0.2, 0.25) is 0 Å². The number of hydrogen-bond donors (Lipinski definition) is 2. The number of aromatic nitrogens is 2. The Bertz CT molecular complexity index is 723. The summed E-state index contributed by atoms with van der Waals surface area (Å²) in [4.78, 5) is 11.5. The fourth-order valence-electron chi connectivity index (χ4n) is 2.80. The molecule has 1 aliphatic heterocycles. The molecule has 0 bridgehead atoms. The van der Waals surface area contributed by atoms with Crippen molar-refractivity contribution in [1.29, 1.82) is 0 Å². The molecule has 2 aromatic rings. The molecule has 2 N–H and O–H groups in total. The molecule has 0 spiro atoms. The van der Waals surface area contributed by atoms with E-state index in [0.717, 1.165) is 42.2 Å². The average Bonchev–Trinajstić information content (AvgIpc) is 2.48. The third kappa shape index (κ3) is 3.45. The smallest absolute Gasteiger partial charge is 0.133 e. The fourth-order valence-corrected chi connectivity index (χ4v) is 2.80. The van der Waals surface area contributed by atoms with E-state index in [1.165, 1.54) is 6.07 Å². The van der Waals surface area contributed by atoms with Crippen molar-refractivity contribution >= 4 is 0 Å². The molecule has 1 aromatic carbocycles. The maximum Gasteiger partial charge on any atom is 0.133 e. The van der Waals surface area contributed by atoms with Crippen LogP contribution in [-0.4, -0.2) is 31.6 Å². The molecule has 0 saturated heterocycles. The molecule has 0 saturated carbocycles. The third-order valence-corrected chi connectivity index (χ3v) is 4.15. The number of phenolic OH excluding ortho intramolecular Hbond substituents is 2. The molecule has 0 atom stereocenters. The van der Waals surface area contributed by atoms with Gasteiger partial charge in [0.1, 0.15) is 17.3 Å². The van der Waals surface area contributed by atoms with Gasteiger partial charge in [0.2, 0.25) is 0 Å². The number of hydrogen-bond acceptors (Lipinski definition) is 5.